The number of carbonyl (C=O) groups excluding carboxylic acids is 1. The molecule has 0 radical (unpaired) electrons. The van der Waals surface area contributed by atoms with Crippen LogP contribution in [0.25, 0.3) is 0 Å². The number of amides is 1. The molecule has 1 aromatic heterocycles. The Morgan fingerprint density at radius 1 is 1.53 bits per heavy atom. The third-order valence-corrected chi connectivity index (χ3v) is 3.97. The monoisotopic (exact) mass is 282 g/mol. The molecule has 0 spiro atoms. The van der Waals surface area contributed by atoms with Gasteiger partial charge in [0.1, 0.15) is 5.15 Å². The Balaban J connectivity index is 2.14. The average Bonchev–Trinajstić information content (AvgIpc) is 2.84. The highest BCUT2D eigenvalue weighted by atomic mass is 35.5. The van der Waals surface area contributed by atoms with E-state index in [4.69, 9.17) is 11.6 Å². The Kier molecular flexibility index (Phi) is 3.75. The van der Waals surface area contributed by atoms with E-state index in [0.717, 1.165) is 0 Å². The van der Waals surface area contributed by atoms with Crippen LogP contribution in [-0.4, -0.2) is 40.0 Å². The summed E-state index contributed by atoms with van der Waals surface area (Å²) in [6.07, 6.45) is 2.42. The Morgan fingerprint density at radius 2 is 2.26 bits per heavy atom. The van der Waals surface area contributed by atoms with Gasteiger partial charge in [-0.1, -0.05) is 18.5 Å². The smallest absolute Gasteiger partial charge is 0.311 e. The molecule has 0 saturated carbocycles. The fourth-order valence-electron chi connectivity index (χ4n) is 2.35. The zero-order chi connectivity index (χ0) is 14.0. The number of carboxylic acid groups (broad SMARTS) is 1. The number of aromatic nitrogens is 1. The van der Waals surface area contributed by atoms with Crippen molar-refractivity contribution in [2.75, 3.05) is 13.1 Å². The van der Waals surface area contributed by atoms with Crippen molar-refractivity contribution < 1.29 is 14.7 Å². The third-order valence-electron chi connectivity index (χ3n) is 3.75. The predicted octanol–water partition coefficient (Wildman–Crippen LogP) is 2.06. The Labute approximate surface area is 116 Å². The van der Waals surface area contributed by atoms with Gasteiger partial charge >= 0.3 is 5.97 Å². The molecule has 1 aromatic rings. The Morgan fingerprint density at radius 3 is 2.74 bits per heavy atom. The molecule has 1 N–H and O–H groups in total. The number of hydrogen-bond donors (Lipinski definition) is 1. The third kappa shape index (κ3) is 2.56. The molecule has 5 nitrogen and oxygen atoms in total. The standard InChI is InChI=1S/C13H15ClN2O3/c1-2-13(12(18)19)5-6-16(8-13)11(17)9-3-4-10(14)15-7-9/h3-4,7H,2,5-6,8H2,1H3,(H,18,19). The van der Waals surface area contributed by atoms with E-state index in [0.29, 0.717) is 30.1 Å². The summed E-state index contributed by atoms with van der Waals surface area (Å²) in [4.78, 5) is 29.0. The number of pyridine rings is 1. The molecule has 19 heavy (non-hydrogen) atoms. The minimum absolute atomic E-state index is 0.194. The summed E-state index contributed by atoms with van der Waals surface area (Å²) in [5, 5.41) is 9.63. The van der Waals surface area contributed by atoms with E-state index in [9.17, 15) is 14.7 Å². The molecular formula is C13H15ClN2O3. The minimum atomic E-state index is -0.834. The summed E-state index contributed by atoms with van der Waals surface area (Å²) in [6.45, 7) is 2.55. The zero-order valence-electron chi connectivity index (χ0n) is 10.6. The van der Waals surface area contributed by atoms with Crippen molar-refractivity contribution in [1.82, 2.24) is 9.88 Å². The fourth-order valence-corrected chi connectivity index (χ4v) is 2.46. The molecule has 2 heterocycles. The van der Waals surface area contributed by atoms with Crippen LogP contribution in [-0.2, 0) is 4.79 Å². The second-order valence-corrected chi connectivity index (χ2v) is 5.17. The van der Waals surface area contributed by atoms with Gasteiger partial charge in [-0.05, 0) is 25.0 Å². The van der Waals surface area contributed by atoms with Crippen LogP contribution in [0.3, 0.4) is 0 Å². The van der Waals surface area contributed by atoms with Crippen LogP contribution >= 0.6 is 11.6 Å². The molecule has 0 aromatic carbocycles. The Hall–Kier alpha value is -1.62. The number of hydrogen-bond acceptors (Lipinski definition) is 3. The molecule has 6 heteroatoms. The molecule has 0 aliphatic carbocycles. The first-order chi connectivity index (χ1) is 8.98. The van der Waals surface area contributed by atoms with Gasteiger partial charge in [-0.2, -0.15) is 0 Å². The van der Waals surface area contributed by atoms with E-state index < -0.39 is 11.4 Å². The molecular weight excluding hydrogens is 268 g/mol. The summed E-state index contributed by atoms with van der Waals surface area (Å²) in [5.74, 6) is -1.03. The summed E-state index contributed by atoms with van der Waals surface area (Å²) < 4.78 is 0. The van der Waals surface area contributed by atoms with Gasteiger partial charge in [0, 0.05) is 19.3 Å². The summed E-state index contributed by atoms with van der Waals surface area (Å²) in [6, 6.07) is 3.15. The SMILES string of the molecule is CCC1(C(=O)O)CCN(C(=O)c2ccc(Cl)nc2)C1. The summed E-state index contributed by atoms with van der Waals surface area (Å²) >= 11 is 5.67. The highest BCUT2D eigenvalue weighted by Crippen LogP contribution is 2.34. The van der Waals surface area contributed by atoms with Crippen LogP contribution in [0.15, 0.2) is 18.3 Å². The first-order valence-corrected chi connectivity index (χ1v) is 6.50. The fraction of sp³-hybridized carbons (Fsp3) is 0.462. The van der Waals surface area contributed by atoms with E-state index in [-0.39, 0.29) is 12.5 Å². The average molecular weight is 283 g/mol. The first kappa shape index (κ1) is 13.8. The lowest BCUT2D eigenvalue weighted by Crippen LogP contribution is -2.36. The molecule has 1 aliphatic rings. The lowest BCUT2D eigenvalue weighted by atomic mass is 9.84. The molecule has 1 saturated heterocycles. The number of aliphatic carboxylic acids is 1. The van der Waals surface area contributed by atoms with Gasteiger partial charge in [0.25, 0.3) is 5.91 Å². The summed E-state index contributed by atoms with van der Waals surface area (Å²) in [7, 11) is 0. The maximum atomic E-state index is 12.2. The highest BCUT2D eigenvalue weighted by molar-refractivity contribution is 6.29. The highest BCUT2D eigenvalue weighted by Gasteiger charge is 2.44. The van der Waals surface area contributed by atoms with Crippen molar-refractivity contribution in [2.24, 2.45) is 5.41 Å². The molecule has 102 valence electrons. The van der Waals surface area contributed by atoms with Gasteiger partial charge in [-0.25, -0.2) is 4.98 Å². The number of likely N-dealkylation sites (tertiary alicyclic amines) is 1. The Bertz CT molecular complexity index is 503. The normalized spacial score (nSPS) is 22.5. The van der Waals surface area contributed by atoms with Gasteiger partial charge in [0.2, 0.25) is 0 Å². The molecule has 1 atom stereocenters. The van der Waals surface area contributed by atoms with E-state index in [1.807, 2.05) is 6.92 Å². The second-order valence-electron chi connectivity index (χ2n) is 4.79. The van der Waals surface area contributed by atoms with Gasteiger partial charge in [-0.3, -0.25) is 9.59 Å². The molecule has 1 fully saturated rings. The molecule has 1 unspecified atom stereocenters. The lowest BCUT2D eigenvalue weighted by molar-refractivity contribution is -0.148. The van der Waals surface area contributed by atoms with Crippen molar-refractivity contribution in [3.05, 3.63) is 29.0 Å². The molecule has 0 bridgehead atoms. The van der Waals surface area contributed by atoms with Gasteiger partial charge < -0.3 is 10.0 Å². The predicted molar refractivity (Wildman–Crippen MR) is 70.1 cm³/mol. The van der Waals surface area contributed by atoms with E-state index in [1.165, 1.54) is 6.20 Å². The van der Waals surface area contributed by atoms with Crippen LogP contribution in [0.2, 0.25) is 5.15 Å². The van der Waals surface area contributed by atoms with E-state index in [2.05, 4.69) is 4.98 Å². The van der Waals surface area contributed by atoms with Crippen LogP contribution in [0.5, 0.6) is 0 Å². The van der Waals surface area contributed by atoms with Crippen LogP contribution < -0.4 is 0 Å². The summed E-state index contributed by atoms with van der Waals surface area (Å²) in [5.41, 5.74) is -0.378. The molecule has 2 rings (SSSR count). The van der Waals surface area contributed by atoms with E-state index >= 15 is 0 Å². The van der Waals surface area contributed by atoms with Crippen molar-refractivity contribution in [3.8, 4) is 0 Å². The topological polar surface area (TPSA) is 70.5 Å². The number of nitrogens with zero attached hydrogens (tertiary/aromatic N) is 2. The van der Waals surface area contributed by atoms with Crippen molar-refractivity contribution >= 4 is 23.5 Å². The number of carboxylic acids is 1. The van der Waals surface area contributed by atoms with Crippen LogP contribution in [0.1, 0.15) is 30.1 Å². The van der Waals surface area contributed by atoms with Crippen molar-refractivity contribution in [3.63, 3.8) is 0 Å². The van der Waals surface area contributed by atoms with Crippen molar-refractivity contribution in [1.29, 1.82) is 0 Å². The maximum absolute atomic E-state index is 12.2. The zero-order valence-corrected chi connectivity index (χ0v) is 11.4. The van der Waals surface area contributed by atoms with Gasteiger partial charge in [0.05, 0.1) is 11.0 Å². The number of carbonyl (C=O) groups is 2. The first-order valence-electron chi connectivity index (χ1n) is 6.13. The van der Waals surface area contributed by atoms with Crippen LogP contribution in [0, 0.1) is 5.41 Å². The minimum Gasteiger partial charge on any atom is -0.481 e. The quantitative estimate of drug-likeness (QED) is 0.862. The largest absolute Gasteiger partial charge is 0.481 e. The van der Waals surface area contributed by atoms with Gasteiger partial charge in [0.15, 0.2) is 0 Å². The van der Waals surface area contributed by atoms with Crippen molar-refractivity contribution in [2.45, 2.75) is 19.8 Å². The lowest BCUT2D eigenvalue weighted by Gasteiger charge is -2.23. The molecule has 1 aliphatic heterocycles. The maximum Gasteiger partial charge on any atom is 0.311 e. The van der Waals surface area contributed by atoms with Gasteiger partial charge in [-0.15, -0.1) is 0 Å². The number of halogens is 1. The van der Waals surface area contributed by atoms with E-state index in [1.54, 1.807) is 17.0 Å². The molecule has 1 amide bonds. The second kappa shape index (κ2) is 5.17. The van der Waals surface area contributed by atoms with Crippen LogP contribution in [0.4, 0.5) is 0 Å². The number of rotatable bonds is 3.